The normalized spacial score (nSPS) is 44.1. The fourth-order valence-electron chi connectivity index (χ4n) is 2.56. The Bertz CT molecular complexity index is 188. The van der Waals surface area contributed by atoms with Gasteiger partial charge in [-0.15, -0.1) is 0 Å². The standard InChI is InChI=1S/C9H14O2/c10-8-4-7-2-1-3-9(11,5-7)6-8/h7,11H,1-6H2/t7-,9-/m1/s1. The highest BCUT2D eigenvalue weighted by atomic mass is 16.3. The smallest absolute Gasteiger partial charge is 0.136 e. The van der Waals surface area contributed by atoms with E-state index < -0.39 is 5.60 Å². The quantitative estimate of drug-likeness (QED) is 0.570. The van der Waals surface area contributed by atoms with E-state index in [0.29, 0.717) is 12.3 Å². The van der Waals surface area contributed by atoms with Gasteiger partial charge in [-0.25, -0.2) is 0 Å². The molecule has 2 aliphatic carbocycles. The molecule has 0 spiro atoms. The number of aliphatic hydroxyl groups is 1. The van der Waals surface area contributed by atoms with Crippen LogP contribution in [0.5, 0.6) is 0 Å². The van der Waals surface area contributed by atoms with Gasteiger partial charge >= 0.3 is 0 Å². The van der Waals surface area contributed by atoms with Gasteiger partial charge in [0, 0.05) is 12.8 Å². The van der Waals surface area contributed by atoms with E-state index in [-0.39, 0.29) is 5.78 Å². The van der Waals surface area contributed by atoms with Gasteiger partial charge in [0.15, 0.2) is 0 Å². The van der Waals surface area contributed by atoms with Crippen molar-refractivity contribution in [3.05, 3.63) is 0 Å². The third-order valence-electron chi connectivity index (χ3n) is 2.97. The molecule has 0 saturated heterocycles. The molecule has 0 aromatic rings. The third-order valence-corrected chi connectivity index (χ3v) is 2.97. The molecular formula is C9H14O2. The van der Waals surface area contributed by atoms with Crippen molar-refractivity contribution in [3.63, 3.8) is 0 Å². The van der Waals surface area contributed by atoms with Crippen molar-refractivity contribution in [1.82, 2.24) is 0 Å². The van der Waals surface area contributed by atoms with Gasteiger partial charge in [0.05, 0.1) is 5.60 Å². The van der Waals surface area contributed by atoms with Gasteiger partial charge in [0.25, 0.3) is 0 Å². The number of hydrogen-bond donors (Lipinski definition) is 1. The predicted molar refractivity (Wildman–Crippen MR) is 41.1 cm³/mol. The Morgan fingerprint density at radius 3 is 3.09 bits per heavy atom. The van der Waals surface area contributed by atoms with Crippen molar-refractivity contribution in [2.24, 2.45) is 5.92 Å². The Kier molecular flexibility index (Phi) is 1.53. The van der Waals surface area contributed by atoms with Crippen LogP contribution >= 0.6 is 0 Å². The van der Waals surface area contributed by atoms with Crippen molar-refractivity contribution in [1.29, 1.82) is 0 Å². The van der Waals surface area contributed by atoms with Crippen LogP contribution in [0.3, 0.4) is 0 Å². The summed E-state index contributed by atoms with van der Waals surface area (Å²) in [6, 6.07) is 0. The number of Topliss-reactive ketones (excluding diaryl/α,β-unsaturated/α-hetero) is 1. The number of rotatable bonds is 0. The van der Waals surface area contributed by atoms with Crippen LogP contribution in [0.1, 0.15) is 38.5 Å². The van der Waals surface area contributed by atoms with Crippen molar-refractivity contribution in [2.75, 3.05) is 0 Å². The van der Waals surface area contributed by atoms with E-state index in [1.165, 1.54) is 0 Å². The van der Waals surface area contributed by atoms with E-state index in [1.807, 2.05) is 0 Å². The zero-order chi connectivity index (χ0) is 7.90. The van der Waals surface area contributed by atoms with Crippen LogP contribution in [0, 0.1) is 5.92 Å². The van der Waals surface area contributed by atoms with Crippen LogP contribution in [0.4, 0.5) is 0 Å². The molecule has 1 N–H and O–H groups in total. The monoisotopic (exact) mass is 154 g/mol. The molecule has 11 heavy (non-hydrogen) atoms. The molecule has 2 bridgehead atoms. The Balaban J connectivity index is 2.15. The zero-order valence-electron chi connectivity index (χ0n) is 6.68. The summed E-state index contributed by atoms with van der Waals surface area (Å²) >= 11 is 0. The second-order valence-corrected chi connectivity index (χ2v) is 4.11. The first-order valence-electron chi connectivity index (χ1n) is 4.42. The lowest BCUT2D eigenvalue weighted by atomic mass is 9.69. The van der Waals surface area contributed by atoms with E-state index in [2.05, 4.69) is 0 Å². The highest BCUT2D eigenvalue weighted by Crippen LogP contribution is 2.40. The summed E-state index contributed by atoms with van der Waals surface area (Å²) in [5.74, 6) is 0.762. The molecule has 0 aromatic heterocycles. The van der Waals surface area contributed by atoms with Crippen LogP contribution < -0.4 is 0 Å². The van der Waals surface area contributed by atoms with Crippen molar-refractivity contribution < 1.29 is 9.90 Å². The van der Waals surface area contributed by atoms with Gasteiger partial charge in [0.1, 0.15) is 5.78 Å². The first kappa shape index (κ1) is 7.29. The van der Waals surface area contributed by atoms with Crippen LogP contribution in [0.25, 0.3) is 0 Å². The molecule has 0 amide bonds. The molecule has 0 aromatic carbocycles. The van der Waals surface area contributed by atoms with E-state index in [4.69, 9.17) is 0 Å². The number of hydrogen-bond acceptors (Lipinski definition) is 2. The topological polar surface area (TPSA) is 37.3 Å². The largest absolute Gasteiger partial charge is 0.389 e. The maximum Gasteiger partial charge on any atom is 0.136 e. The average molecular weight is 154 g/mol. The Hall–Kier alpha value is -0.370. The molecule has 2 aliphatic rings. The van der Waals surface area contributed by atoms with Gasteiger partial charge in [0.2, 0.25) is 0 Å². The Morgan fingerprint density at radius 2 is 2.36 bits per heavy atom. The van der Waals surface area contributed by atoms with Crippen LogP contribution in [-0.2, 0) is 4.79 Å². The third kappa shape index (κ3) is 1.32. The molecule has 0 unspecified atom stereocenters. The lowest BCUT2D eigenvalue weighted by Crippen LogP contribution is -2.42. The minimum Gasteiger partial charge on any atom is -0.389 e. The first-order valence-corrected chi connectivity index (χ1v) is 4.42. The predicted octanol–water partition coefficient (Wildman–Crippen LogP) is 1.27. The first-order chi connectivity index (χ1) is 5.18. The number of carbonyl (C=O) groups excluding carboxylic acids is 1. The minimum absolute atomic E-state index is 0.267. The summed E-state index contributed by atoms with van der Waals surface area (Å²) < 4.78 is 0. The van der Waals surface area contributed by atoms with Gasteiger partial charge in [-0.1, -0.05) is 6.42 Å². The SMILES string of the molecule is O=C1C[C@H]2CCC[C@](O)(C1)C2. The summed E-state index contributed by atoms with van der Waals surface area (Å²) in [5, 5.41) is 9.85. The maximum atomic E-state index is 11.1. The van der Waals surface area contributed by atoms with E-state index in [9.17, 15) is 9.90 Å². The average Bonchev–Trinajstić information content (AvgIpc) is 1.82. The summed E-state index contributed by atoms with van der Waals surface area (Å²) in [6.07, 6.45) is 5.11. The van der Waals surface area contributed by atoms with E-state index in [1.54, 1.807) is 0 Å². The molecular weight excluding hydrogens is 140 g/mol. The van der Waals surface area contributed by atoms with Gasteiger partial charge < -0.3 is 5.11 Å². The van der Waals surface area contributed by atoms with Crippen LogP contribution in [0.15, 0.2) is 0 Å². The molecule has 0 aliphatic heterocycles. The fraction of sp³-hybridized carbons (Fsp3) is 0.889. The molecule has 0 heterocycles. The Morgan fingerprint density at radius 1 is 1.55 bits per heavy atom. The molecule has 2 atom stereocenters. The Labute approximate surface area is 66.6 Å². The highest BCUT2D eigenvalue weighted by molar-refractivity contribution is 5.80. The maximum absolute atomic E-state index is 11.1. The molecule has 62 valence electrons. The molecule has 2 rings (SSSR count). The second-order valence-electron chi connectivity index (χ2n) is 4.11. The van der Waals surface area contributed by atoms with Gasteiger partial charge in [-0.3, -0.25) is 4.79 Å². The van der Waals surface area contributed by atoms with E-state index in [0.717, 1.165) is 32.1 Å². The van der Waals surface area contributed by atoms with Crippen LogP contribution in [0.2, 0.25) is 0 Å². The number of carbonyl (C=O) groups is 1. The zero-order valence-corrected chi connectivity index (χ0v) is 6.68. The van der Waals surface area contributed by atoms with Gasteiger partial charge in [-0.05, 0) is 25.2 Å². The van der Waals surface area contributed by atoms with Crippen molar-refractivity contribution in [3.8, 4) is 0 Å². The summed E-state index contributed by atoms with van der Waals surface area (Å²) in [5.41, 5.74) is -0.599. The summed E-state index contributed by atoms with van der Waals surface area (Å²) in [4.78, 5) is 11.1. The number of ketones is 1. The number of fused-ring (bicyclic) bond motifs is 2. The molecule has 2 nitrogen and oxygen atoms in total. The van der Waals surface area contributed by atoms with Gasteiger partial charge in [-0.2, -0.15) is 0 Å². The lowest BCUT2D eigenvalue weighted by molar-refractivity contribution is -0.134. The molecule has 0 radical (unpaired) electrons. The fourth-order valence-corrected chi connectivity index (χ4v) is 2.56. The van der Waals surface area contributed by atoms with Crippen molar-refractivity contribution in [2.45, 2.75) is 44.1 Å². The second kappa shape index (κ2) is 2.31. The van der Waals surface area contributed by atoms with E-state index >= 15 is 0 Å². The van der Waals surface area contributed by atoms with Crippen LogP contribution in [-0.4, -0.2) is 16.5 Å². The minimum atomic E-state index is -0.599. The molecule has 2 heteroatoms. The molecule has 2 saturated carbocycles. The van der Waals surface area contributed by atoms with Crippen molar-refractivity contribution >= 4 is 5.78 Å². The lowest BCUT2D eigenvalue weighted by Gasteiger charge is -2.40. The molecule has 2 fully saturated rings. The highest BCUT2D eigenvalue weighted by Gasteiger charge is 2.40. The summed E-state index contributed by atoms with van der Waals surface area (Å²) in [6.45, 7) is 0. The summed E-state index contributed by atoms with van der Waals surface area (Å²) in [7, 11) is 0.